The third-order valence-electron chi connectivity index (χ3n) is 4.93. The summed E-state index contributed by atoms with van der Waals surface area (Å²) in [4.78, 5) is 33.6. The molecule has 2 N–H and O–H groups in total. The molecule has 0 aliphatic heterocycles. The molecular weight excluding hydrogens is 390 g/mol. The lowest BCUT2D eigenvalue weighted by atomic mass is 10.1. The van der Waals surface area contributed by atoms with Crippen LogP contribution >= 0.6 is 0 Å². The second kappa shape index (κ2) is 7.72. The van der Waals surface area contributed by atoms with Crippen molar-refractivity contribution >= 4 is 22.9 Å². The highest BCUT2D eigenvalue weighted by Gasteiger charge is 2.11. The van der Waals surface area contributed by atoms with E-state index < -0.39 is 0 Å². The molecule has 7 heteroatoms. The van der Waals surface area contributed by atoms with Gasteiger partial charge in [0, 0.05) is 35.3 Å². The highest BCUT2D eigenvalue weighted by atomic mass is 16.1. The van der Waals surface area contributed by atoms with Gasteiger partial charge in [0.2, 0.25) is 0 Å². The van der Waals surface area contributed by atoms with Crippen LogP contribution in [0.5, 0.6) is 0 Å². The van der Waals surface area contributed by atoms with Crippen LogP contribution in [0.3, 0.4) is 0 Å². The van der Waals surface area contributed by atoms with E-state index >= 15 is 0 Å². The predicted octanol–water partition coefficient (Wildman–Crippen LogP) is 4.00. The number of hydrogen-bond donors (Lipinski definition) is 2. The monoisotopic (exact) mass is 407 g/mol. The Balaban J connectivity index is 1.52. The van der Waals surface area contributed by atoms with E-state index in [2.05, 4.69) is 15.0 Å². The first kappa shape index (κ1) is 18.5. The number of aromatic amines is 2. The number of allylic oxidation sites excluding steroid dienone is 1. The summed E-state index contributed by atoms with van der Waals surface area (Å²) in [5.74, 6) is -0.169. The van der Waals surface area contributed by atoms with Gasteiger partial charge in [0.15, 0.2) is 5.78 Å². The third-order valence-corrected chi connectivity index (χ3v) is 4.93. The van der Waals surface area contributed by atoms with E-state index in [1.54, 1.807) is 41.4 Å². The van der Waals surface area contributed by atoms with Crippen LogP contribution in [0.2, 0.25) is 0 Å². The zero-order chi connectivity index (χ0) is 21.2. The van der Waals surface area contributed by atoms with Gasteiger partial charge in [0.05, 0.1) is 16.7 Å². The zero-order valence-electron chi connectivity index (χ0n) is 16.3. The summed E-state index contributed by atoms with van der Waals surface area (Å²) in [6, 6.07) is 18.6. The smallest absolute Gasteiger partial charge is 0.306 e. The summed E-state index contributed by atoms with van der Waals surface area (Å²) in [6.07, 6.45) is 8.59. The van der Waals surface area contributed by atoms with Gasteiger partial charge in [0.1, 0.15) is 5.69 Å². The fraction of sp³-hybridized carbons (Fsp3) is 0. The Hall–Kier alpha value is -4.52. The van der Waals surface area contributed by atoms with Crippen molar-refractivity contribution in [3.63, 3.8) is 0 Å². The number of hydrogen-bond acceptors (Lipinski definition) is 4. The molecule has 0 saturated carbocycles. The van der Waals surface area contributed by atoms with Crippen molar-refractivity contribution in [1.29, 1.82) is 0 Å². The molecule has 0 aliphatic carbocycles. The molecule has 0 radical (unpaired) electrons. The minimum absolute atomic E-state index is 0.169. The molecular formula is C24H17N5O2. The third kappa shape index (κ3) is 3.72. The van der Waals surface area contributed by atoms with E-state index in [9.17, 15) is 9.59 Å². The highest BCUT2D eigenvalue weighted by molar-refractivity contribution is 6.08. The summed E-state index contributed by atoms with van der Waals surface area (Å²) in [6.45, 7) is 0. The van der Waals surface area contributed by atoms with Crippen LogP contribution in [0.15, 0.2) is 90.1 Å². The molecule has 7 nitrogen and oxygen atoms in total. The maximum absolute atomic E-state index is 12.8. The number of ketones is 1. The molecule has 31 heavy (non-hydrogen) atoms. The van der Waals surface area contributed by atoms with Gasteiger partial charge in [-0.1, -0.05) is 18.2 Å². The Morgan fingerprint density at radius 2 is 1.71 bits per heavy atom. The van der Waals surface area contributed by atoms with Crippen LogP contribution in [0.25, 0.3) is 34.1 Å². The number of aromatic nitrogens is 5. The van der Waals surface area contributed by atoms with E-state index in [1.165, 1.54) is 6.08 Å². The first-order valence-corrected chi connectivity index (χ1v) is 9.67. The topological polar surface area (TPSA) is 96.4 Å². The minimum atomic E-state index is -0.301. The Kier molecular flexibility index (Phi) is 4.61. The Morgan fingerprint density at radius 3 is 2.52 bits per heavy atom. The largest absolute Gasteiger partial charge is 0.323 e. The van der Waals surface area contributed by atoms with Gasteiger partial charge in [-0.05, 0) is 54.6 Å². The second-order valence-electron chi connectivity index (χ2n) is 6.99. The van der Waals surface area contributed by atoms with Crippen LogP contribution in [0.1, 0.15) is 15.9 Å². The van der Waals surface area contributed by atoms with Gasteiger partial charge in [-0.25, -0.2) is 9.48 Å². The zero-order valence-corrected chi connectivity index (χ0v) is 16.3. The van der Waals surface area contributed by atoms with Gasteiger partial charge in [-0.15, -0.1) is 0 Å². The van der Waals surface area contributed by atoms with Crippen molar-refractivity contribution in [2.45, 2.75) is 0 Å². The number of pyridine rings is 1. The molecule has 150 valence electrons. The average Bonchev–Trinajstić information content (AvgIpc) is 3.40. The highest BCUT2D eigenvalue weighted by Crippen LogP contribution is 2.24. The molecule has 0 aliphatic rings. The molecule has 0 saturated heterocycles. The summed E-state index contributed by atoms with van der Waals surface area (Å²) in [5.41, 5.74) is 4.83. The summed E-state index contributed by atoms with van der Waals surface area (Å²) in [5, 5.41) is 4.73. The Morgan fingerprint density at radius 1 is 0.935 bits per heavy atom. The van der Waals surface area contributed by atoms with Crippen molar-refractivity contribution in [2.24, 2.45) is 0 Å². The molecule has 5 aromatic rings. The fourth-order valence-corrected chi connectivity index (χ4v) is 3.40. The van der Waals surface area contributed by atoms with Crippen molar-refractivity contribution in [1.82, 2.24) is 24.7 Å². The van der Waals surface area contributed by atoms with Crippen LogP contribution in [-0.4, -0.2) is 30.5 Å². The van der Waals surface area contributed by atoms with E-state index in [1.807, 2.05) is 48.7 Å². The standard InChI is InChI=1S/C24H17N5O2/c30-22(17-6-8-20-21(14-17)27-24(31)26-20)9-7-18-15-29(19-4-2-1-3-5-19)28-23(18)16-10-12-25-13-11-16/h1-15H,(H2,26,27,31). The van der Waals surface area contributed by atoms with Gasteiger partial charge < -0.3 is 9.97 Å². The quantitative estimate of drug-likeness (QED) is 0.340. The summed E-state index contributed by atoms with van der Waals surface area (Å²) >= 11 is 0. The van der Waals surface area contributed by atoms with Crippen molar-refractivity contribution in [2.75, 3.05) is 0 Å². The molecule has 0 fully saturated rings. The Bertz CT molecular complexity index is 1460. The predicted molar refractivity (Wildman–Crippen MR) is 119 cm³/mol. The normalized spacial score (nSPS) is 11.4. The van der Waals surface area contributed by atoms with Crippen molar-refractivity contribution in [3.8, 4) is 16.9 Å². The number of para-hydroxylation sites is 1. The molecule has 0 spiro atoms. The lowest BCUT2D eigenvalue weighted by Crippen LogP contribution is -1.99. The van der Waals surface area contributed by atoms with Gasteiger partial charge >= 0.3 is 5.69 Å². The first-order valence-electron chi connectivity index (χ1n) is 9.67. The van der Waals surface area contributed by atoms with E-state index in [4.69, 9.17) is 5.10 Å². The minimum Gasteiger partial charge on any atom is -0.306 e. The number of fused-ring (bicyclic) bond motifs is 1. The number of carbonyl (C=O) groups excluding carboxylic acids is 1. The molecule has 2 aromatic carbocycles. The number of carbonyl (C=O) groups is 1. The number of H-pyrrole nitrogens is 2. The lowest BCUT2D eigenvalue weighted by Gasteiger charge is -2.00. The van der Waals surface area contributed by atoms with E-state index in [-0.39, 0.29) is 11.5 Å². The number of rotatable bonds is 5. The summed E-state index contributed by atoms with van der Waals surface area (Å²) < 4.78 is 1.79. The van der Waals surface area contributed by atoms with Crippen LogP contribution in [-0.2, 0) is 0 Å². The average molecular weight is 407 g/mol. The Labute approximate surface area is 176 Å². The van der Waals surface area contributed by atoms with Gasteiger partial charge in [-0.2, -0.15) is 5.10 Å². The van der Waals surface area contributed by atoms with Crippen molar-refractivity contribution in [3.05, 3.63) is 107 Å². The van der Waals surface area contributed by atoms with Crippen LogP contribution < -0.4 is 5.69 Å². The lowest BCUT2D eigenvalue weighted by molar-refractivity contribution is 0.104. The molecule has 5 rings (SSSR count). The maximum Gasteiger partial charge on any atom is 0.323 e. The van der Waals surface area contributed by atoms with Gasteiger partial charge in [-0.3, -0.25) is 9.78 Å². The SMILES string of the molecule is O=C(C=Cc1cn(-c2ccccc2)nc1-c1ccncc1)c1ccc2[nH]c(=O)[nH]c2c1. The molecule has 3 heterocycles. The first-order chi connectivity index (χ1) is 15.2. The number of benzene rings is 2. The molecule has 0 unspecified atom stereocenters. The van der Waals surface area contributed by atoms with Gasteiger partial charge in [0.25, 0.3) is 0 Å². The van der Waals surface area contributed by atoms with Crippen LogP contribution in [0, 0.1) is 0 Å². The van der Waals surface area contributed by atoms with E-state index in [0.29, 0.717) is 16.6 Å². The number of nitrogens with one attached hydrogen (secondary N) is 2. The van der Waals surface area contributed by atoms with Crippen LogP contribution in [0.4, 0.5) is 0 Å². The summed E-state index contributed by atoms with van der Waals surface area (Å²) in [7, 11) is 0. The molecule has 0 amide bonds. The number of imidazole rings is 1. The second-order valence-corrected chi connectivity index (χ2v) is 6.99. The molecule has 3 aromatic heterocycles. The fourth-order valence-electron chi connectivity index (χ4n) is 3.40. The van der Waals surface area contributed by atoms with Crippen molar-refractivity contribution < 1.29 is 4.79 Å². The molecule has 0 atom stereocenters. The molecule has 0 bridgehead atoms. The number of nitrogens with zero attached hydrogens (tertiary/aromatic N) is 3. The maximum atomic E-state index is 12.8. The van der Waals surface area contributed by atoms with E-state index in [0.717, 1.165) is 22.5 Å².